The summed E-state index contributed by atoms with van der Waals surface area (Å²) in [5.74, 6) is -0.958. The molecule has 0 saturated heterocycles. The van der Waals surface area contributed by atoms with E-state index in [4.69, 9.17) is 16.7 Å². The molecule has 2 rings (SSSR count). The van der Waals surface area contributed by atoms with E-state index in [1.54, 1.807) is 24.3 Å². The van der Waals surface area contributed by atoms with Gasteiger partial charge < -0.3 is 5.11 Å². The Morgan fingerprint density at radius 1 is 1.40 bits per heavy atom. The van der Waals surface area contributed by atoms with Gasteiger partial charge >= 0.3 is 5.97 Å². The van der Waals surface area contributed by atoms with Crippen LogP contribution in [0.5, 0.6) is 0 Å². The second-order valence-corrected chi connectivity index (χ2v) is 4.13. The van der Waals surface area contributed by atoms with Gasteiger partial charge in [-0.3, -0.25) is 0 Å². The molecular weight excluding hydrogens is 234 g/mol. The molecule has 0 amide bonds. The van der Waals surface area contributed by atoms with E-state index in [-0.39, 0.29) is 4.88 Å². The van der Waals surface area contributed by atoms with E-state index in [9.17, 15) is 4.79 Å². The molecule has 0 aliphatic carbocycles. The van der Waals surface area contributed by atoms with E-state index in [1.807, 2.05) is 6.07 Å². The highest BCUT2D eigenvalue weighted by Gasteiger charge is 2.09. The largest absolute Gasteiger partial charge is 0.477 e. The summed E-state index contributed by atoms with van der Waals surface area (Å²) >= 11 is 6.79. The van der Waals surface area contributed by atoms with Crippen molar-refractivity contribution in [2.45, 2.75) is 0 Å². The minimum Gasteiger partial charge on any atom is -0.477 e. The Hall–Kier alpha value is -1.39. The van der Waals surface area contributed by atoms with Crippen LogP contribution < -0.4 is 0 Å². The monoisotopic (exact) mass is 239 g/mol. The molecule has 2 aromatic rings. The first kappa shape index (κ1) is 10.1. The number of carboxylic acid groups (broad SMARTS) is 1. The minimum atomic E-state index is -0.958. The molecule has 0 bridgehead atoms. The Balaban J connectivity index is 2.41. The van der Waals surface area contributed by atoms with Gasteiger partial charge in [-0.15, -0.1) is 0 Å². The number of hydrogen-bond acceptors (Lipinski definition) is 3. The summed E-state index contributed by atoms with van der Waals surface area (Å²) in [6.45, 7) is 0. The van der Waals surface area contributed by atoms with E-state index >= 15 is 0 Å². The lowest BCUT2D eigenvalue weighted by atomic mass is 10.1. The van der Waals surface area contributed by atoms with Crippen LogP contribution in [0.25, 0.3) is 11.3 Å². The average molecular weight is 240 g/mol. The average Bonchev–Trinajstić information content (AvgIpc) is 2.66. The van der Waals surface area contributed by atoms with Gasteiger partial charge in [0.1, 0.15) is 4.88 Å². The molecule has 1 aromatic heterocycles. The molecule has 0 fully saturated rings. The lowest BCUT2D eigenvalue weighted by Gasteiger charge is -1.95. The molecule has 5 heteroatoms. The van der Waals surface area contributed by atoms with Crippen molar-refractivity contribution in [1.29, 1.82) is 0 Å². The van der Waals surface area contributed by atoms with E-state index in [0.29, 0.717) is 10.7 Å². The number of benzene rings is 1. The summed E-state index contributed by atoms with van der Waals surface area (Å²) < 4.78 is 4.05. The van der Waals surface area contributed by atoms with Crippen molar-refractivity contribution in [3.8, 4) is 11.3 Å². The zero-order chi connectivity index (χ0) is 10.8. The fraction of sp³-hybridized carbons (Fsp3) is 0. The second kappa shape index (κ2) is 4.00. The maximum atomic E-state index is 10.7. The molecule has 0 spiro atoms. The quantitative estimate of drug-likeness (QED) is 0.876. The van der Waals surface area contributed by atoms with Crippen molar-refractivity contribution in [3.63, 3.8) is 0 Å². The van der Waals surface area contributed by atoms with Crippen molar-refractivity contribution in [3.05, 3.63) is 40.2 Å². The van der Waals surface area contributed by atoms with E-state index < -0.39 is 5.97 Å². The summed E-state index contributed by atoms with van der Waals surface area (Å²) in [4.78, 5) is 10.9. The molecule has 76 valence electrons. The van der Waals surface area contributed by atoms with Crippen molar-refractivity contribution < 1.29 is 9.90 Å². The van der Waals surface area contributed by atoms with Gasteiger partial charge in [0.2, 0.25) is 0 Å². The minimum absolute atomic E-state index is 0.227. The Bertz CT molecular complexity index is 510. The fourth-order valence-electron chi connectivity index (χ4n) is 1.16. The molecule has 0 aliphatic heterocycles. The molecule has 15 heavy (non-hydrogen) atoms. The Labute approximate surface area is 95.1 Å². The molecule has 1 heterocycles. The van der Waals surface area contributed by atoms with Crippen LogP contribution in [-0.4, -0.2) is 15.4 Å². The van der Waals surface area contributed by atoms with Crippen molar-refractivity contribution in [2.24, 2.45) is 0 Å². The van der Waals surface area contributed by atoms with Crippen LogP contribution in [0.4, 0.5) is 0 Å². The third-order valence-electron chi connectivity index (χ3n) is 1.84. The summed E-state index contributed by atoms with van der Waals surface area (Å²) in [7, 11) is 0. The van der Waals surface area contributed by atoms with Gasteiger partial charge in [-0.25, -0.2) is 4.79 Å². The number of nitrogens with zero attached hydrogens (tertiary/aromatic N) is 1. The fourth-order valence-corrected chi connectivity index (χ4v) is 1.95. The van der Waals surface area contributed by atoms with Crippen LogP contribution >= 0.6 is 23.1 Å². The Kier molecular flexibility index (Phi) is 2.70. The van der Waals surface area contributed by atoms with Crippen molar-refractivity contribution in [2.75, 3.05) is 0 Å². The number of halogens is 1. The van der Waals surface area contributed by atoms with Crippen LogP contribution in [0.1, 0.15) is 9.67 Å². The molecule has 0 aliphatic rings. The summed E-state index contributed by atoms with van der Waals surface area (Å²) in [6.07, 6.45) is 0. The number of aromatic nitrogens is 1. The molecule has 0 atom stereocenters. The Morgan fingerprint density at radius 3 is 2.80 bits per heavy atom. The molecular formula is C10H6ClNO2S. The van der Waals surface area contributed by atoms with Crippen LogP contribution in [0, 0.1) is 0 Å². The highest BCUT2D eigenvalue weighted by molar-refractivity contribution is 7.08. The smallest absolute Gasteiger partial charge is 0.347 e. The number of aromatic carboxylic acids is 1. The van der Waals surface area contributed by atoms with Crippen LogP contribution in [0.2, 0.25) is 5.02 Å². The predicted molar refractivity (Wildman–Crippen MR) is 59.5 cm³/mol. The number of rotatable bonds is 2. The summed E-state index contributed by atoms with van der Waals surface area (Å²) in [5, 5.41) is 9.35. The topological polar surface area (TPSA) is 50.2 Å². The zero-order valence-corrected chi connectivity index (χ0v) is 9.05. The van der Waals surface area contributed by atoms with E-state index in [0.717, 1.165) is 17.1 Å². The first-order valence-corrected chi connectivity index (χ1v) is 5.28. The SMILES string of the molecule is O=C(O)c1cc(-c2cccc(Cl)c2)ns1. The van der Waals surface area contributed by atoms with Crippen LogP contribution in [-0.2, 0) is 0 Å². The summed E-state index contributed by atoms with van der Waals surface area (Å²) in [5.41, 5.74) is 1.46. The van der Waals surface area contributed by atoms with Crippen LogP contribution in [0.15, 0.2) is 30.3 Å². The standard InChI is InChI=1S/C10H6ClNO2S/c11-7-3-1-2-6(4-7)8-5-9(10(13)14)15-12-8/h1-5H,(H,13,14). The van der Waals surface area contributed by atoms with Gasteiger partial charge in [-0.1, -0.05) is 23.7 Å². The van der Waals surface area contributed by atoms with Gasteiger partial charge in [-0.05, 0) is 29.7 Å². The first-order valence-electron chi connectivity index (χ1n) is 4.13. The predicted octanol–water partition coefficient (Wildman–Crippen LogP) is 3.16. The highest BCUT2D eigenvalue weighted by atomic mass is 35.5. The Morgan fingerprint density at radius 2 is 2.20 bits per heavy atom. The van der Waals surface area contributed by atoms with Crippen molar-refractivity contribution in [1.82, 2.24) is 4.37 Å². The van der Waals surface area contributed by atoms with Crippen molar-refractivity contribution >= 4 is 29.1 Å². The number of hydrogen-bond donors (Lipinski definition) is 1. The zero-order valence-electron chi connectivity index (χ0n) is 7.48. The first-order chi connectivity index (χ1) is 7.16. The van der Waals surface area contributed by atoms with E-state index in [1.165, 1.54) is 0 Å². The number of carboxylic acids is 1. The molecule has 1 N–H and O–H groups in total. The van der Waals surface area contributed by atoms with Gasteiger partial charge in [0.15, 0.2) is 0 Å². The van der Waals surface area contributed by atoms with Gasteiger partial charge in [0, 0.05) is 10.6 Å². The molecule has 0 unspecified atom stereocenters. The number of carbonyl (C=O) groups is 1. The lowest BCUT2D eigenvalue weighted by molar-refractivity contribution is 0.0702. The third-order valence-corrected chi connectivity index (χ3v) is 2.85. The van der Waals surface area contributed by atoms with Gasteiger partial charge in [0.25, 0.3) is 0 Å². The van der Waals surface area contributed by atoms with Crippen LogP contribution in [0.3, 0.4) is 0 Å². The maximum absolute atomic E-state index is 10.7. The normalized spacial score (nSPS) is 10.2. The van der Waals surface area contributed by atoms with Gasteiger partial charge in [0.05, 0.1) is 5.69 Å². The summed E-state index contributed by atoms with van der Waals surface area (Å²) in [6, 6.07) is 8.69. The molecule has 0 saturated carbocycles. The highest BCUT2D eigenvalue weighted by Crippen LogP contribution is 2.24. The molecule has 0 radical (unpaired) electrons. The van der Waals surface area contributed by atoms with Gasteiger partial charge in [-0.2, -0.15) is 4.37 Å². The molecule has 1 aromatic carbocycles. The van der Waals surface area contributed by atoms with E-state index in [2.05, 4.69) is 4.37 Å². The molecule has 3 nitrogen and oxygen atoms in total. The second-order valence-electron chi connectivity index (χ2n) is 2.89. The maximum Gasteiger partial charge on any atom is 0.347 e. The lowest BCUT2D eigenvalue weighted by Crippen LogP contribution is -1.89. The third kappa shape index (κ3) is 2.16.